The summed E-state index contributed by atoms with van der Waals surface area (Å²) in [5.41, 5.74) is -1.26. The molecule has 0 aromatic carbocycles. The molecule has 0 aliphatic rings. The van der Waals surface area contributed by atoms with Crippen LogP contribution in [0.5, 0.6) is 0 Å². The number of hydrogen-bond acceptors (Lipinski definition) is 4. The van der Waals surface area contributed by atoms with Crippen molar-refractivity contribution in [2.75, 3.05) is 0 Å². The predicted octanol–water partition coefficient (Wildman–Crippen LogP) is 0.705. The molecule has 0 fully saturated rings. The summed E-state index contributed by atoms with van der Waals surface area (Å²) in [6.45, 7) is 3.11. The molecule has 1 unspecified atom stereocenters. The molecule has 0 bridgehead atoms. The van der Waals surface area contributed by atoms with Crippen molar-refractivity contribution in [2.24, 2.45) is 0 Å². The molecule has 0 spiro atoms. The second-order valence-corrected chi connectivity index (χ2v) is 4.98. The number of aryl methyl sites for hydroxylation is 1. The van der Waals surface area contributed by atoms with Crippen molar-refractivity contribution in [3.8, 4) is 0 Å². The van der Waals surface area contributed by atoms with Crippen LogP contribution in [0.2, 0.25) is 0 Å². The molecule has 0 aliphatic carbocycles. The van der Waals surface area contributed by atoms with Gasteiger partial charge in [-0.2, -0.15) is 0 Å². The number of fused-ring (bicyclic) bond motifs is 1. The zero-order valence-corrected chi connectivity index (χ0v) is 10.00. The van der Waals surface area contributed by atoms with Crippen LogP contribution in [0, 0.1) is 6.92 Å². The van der Waals surface area contributed by atoms with Gasteiger partial charge < -0.3 is 5.11 Å². The van der Waals surface area contributed by atoms with Gasteiger partial charge in [0.05, 0.1) is 5.39 Å². The van der Waals surface area contributed by atoms with E-state index < -0.39 is 23.3 Å². The lowest BCUT2D eigenvalue weighted by Gasteiger charge is -2.08. The number of H-pyrrole nitrogens is 1. The fraction of sp³-hybridized carbons (Fsp3) is 0.300. The Labute approximate surface area is 99.1 Å². The summed E-state index contributed by atoms with van der Waals surface area (Å²) in [4.78, 5) is 38.4. The van der Waals surface area contributed by atoms with Crippen LogP contribution in [0.15, 0.2) is 15.7 Å². The van der Waals surface area contributed by atoms with Crippen LogP contribution >= 0.6 is 11.3 Å². The number of carboxylic acid groups (broad SMARTS) is 1. The van der Waals surface area contributed by atoms with Crippen molar-refractivity contribution < 1.29 is 9.90 Å². The number of aromatic nitrogens is 2. The van der Waals surface area contributed by atoms with Crippen LogP contribution in [0.4, 0.5) is 0 Å². The Balaban J connectivity index is 2.85. The minimum Gasteiger partial charge on any atom is -0.480 e. The summed E-state index contributed by atoms with van der Waals surface area (Å²) in [5, 5.41) is 9.20. The number of carbonyl (C=O) groups is 1. The van der Waals surface area contributed by atoms with Gasteiger partial charge in [-0.05, 0) is 19.9 Å². The van der Waals surface area contributed by atoms with E-state index in [2.05, 4.69) is 4.98 Å². The van der Waals surface area contributed by atoms with Crippen molar-refractivity contribution >= 4 is 27.5 Å². The Hall–Kier alpha value is -1.89. The van der Waals surface area contributed by atoms with Gasteiger partial charge in [0, 0.05) is 4.88 Å². The van der Waals surface area contributed by atoms with Crippen LogP contribution in [-0.4, -0.2) is 20.6 Å². The second-order valence-electron chi connectivity index (χ2n) is 3.72. The van der Waals surface area contributed by atoms with Gasteiger partial charge in [-0.1, -0.05) is 0 Å². The van der Waals surface area contributed by atoms with Crippen LogP contribution in [0.3, 0.4) is 0 Å². The third-order valence-corrected chi connectivity index (χ3v) is 3.45. The van der Waals surface area contributed by atoms with Gasteiger partial charge in [-0.15, -0.1) is 11.3 Å². The Bertz CT molecular complexity index is 709. The molecule has 2 heterocycles. The van der Waals surface area contributed by atoms with Crippen LogP contribution in [0.1, 0.15) is 17.8 Å². The predicted molar refractivity (Wildman–Crippen MR) is 63.8 cm³/mol. The SMILES string of the molecule is Cc1cc2c(=O)n(C(C)C(=O)O)c(=O)[nH]c2s1. The Kier molecular flexibility index (Phi) is 2.62. The van der Waals surface area contributed by atoms with Gasteiger partial charge in [0.15, 0.2) is 0 Å². The molecule has 1 atom stereocenters. The van der Waals surface area contributed by atoms with Crippen LogP contribution in [0.25, 0.3) is 10.2 Å². The molecule has 17 heavy (non-hydrogen) atoms. The average Bonchev–Trinajstić information content (AvgIpc) is 2.58. The van der Waals surface area contributed by atoms with Gasteiger partial charge in [-0.3, -0.25) is 9.78 Å². The molecule has 6 nitrogen and oxygen atoms in total. The van der Waals surface area contributed by atoms with E-state index in [1.807, 2.05) is 6.92 Å². The molecular weight excluding hydrogens is 244 g/mol. The van der Waals surface area contributed by atoms with Crippen molar-refractivity contribution in [1.29, 1.82) is 0 Å². The van der Waals surface area contributed by atoms with Crippen molar-refractivity contribution in [3.05, 3.63) is 31.8 Å². The highest BCUT2D eigenvalue weighted by Gasteiger charge is 2.19. The van der Waals surface area contributed by atoms with Crippen molar-refractivity contribution in [1.82, 2.24) is 9.55 Å². The minimum atomic E-state index is -1.22. The molecule has 2 aromatic rings. The maximum atomic E-state index is 12.0. The molecule has 2 rings (SSSR count). The zero-order valence-electron chi connectivity index (χ0n) is 9.18. The topological polar surface area (TPSA) is 92.2 Å². The Morgan fingerprint density at radius 3 is 2.76 bits per heavy atom. The molecule has 0 aliphatic heterocycles. The number of nitrogens with zero attached hydrogens (tertiary/aromatic N) is 1. The summed E-state index contributed by atoms with van der Waals surface area (Å²) in [6, 6.07) is 0.458. The van der Waals surface area contributed by atoms with E-state index in [4.69, 9.17) is 5.11 Å². The maximum Gasteiger partial charge on any atom is 0.330 e. The summed E-state index contributed by atoms with van der Waals surface area (Å²) >= 11 is 1.29. The van der Waals surface area contributed by atoms with Gasteiger partial charge in [0.25, 0.3) is 5.56 Å². The third-order valence-electron chi connectivity index (χ3n) is 2.49. The lowest BCUT2D eigenvalue weighted by atomic mass is 10.3. The van der Waals surface area contributed by atoms with Crippen LogP contribution in [-0.2, 0) is 4.79 Å². The van der Waals surface area contributed by atoms with Crippen molar-refractivity contribution in [2.45, 2.75) is 19.9 Å². The molecule has 2 N–H and O–H groups in total. The van der Waals surface area contributed by atoms with Gasteiger partial charge >= 0.3 is 11.7 Å². The molecule has 0 saturated carbocycles. The molecule has 0 amide bonds. The van der Waals surface area contributed by atoms with E-state index in [1.165, 1.54) is 18.3 Å². The maximum absolute atomic E-state index is 12.0. The number of aromatic amines is 1. The highest BCUT2D eigenvalue weighted by Crippen LogP contribution is 2.18. The number of rotatable bonds is 2. The fourth-order valence-corrected chi connectivity index (χ4v) is 2.50. The van der Waals surface area contributed by atoms with Gasteiger partial charge in [0.1, 0.15) is 10.9 Å². The highest BCUT2D eigenvalue weighted by atomic mass is 32.1. The first-order valence-corrected chi connectivity index (χ1v) is 5.71. The molecule has 0 saturated heterocycles. The van der Waals surface area contributed by atoms with E-state index in [0.717, 1.165) is 9.44 Å². The molecule has 0 radical (unpaired) electrons. The van der Waals surface area contributed by atoms with E-state index in [1.54, 1.807) is 6.07 Å². The summed E-state index contributed by atoms with van der Waals surface area (Å²) in [5.74, 6) is -1.22. The Morgan fingerprint density at radius 2 is 2.18 bits per heavy atom. The first kappa shape index (κ1) is 11.6. The second kappa shape index (κ2) is 3.85. The Morgan fingerprint density at radius 1 is 1.53 bits per heavy atom. The number of nitrogens with one attached hydrogen (secondary N) is 1. The lowest BCUT2D eigenvalue weighted by molar-refractivity contribution is -0.140. The number of aliphatic carboxylic acids is 1. The van der Waals surface area contributed by atoms with E-state index in [9.17, 15) is 14.4 Å². The number of hydrogen-bond donors (Lipinski definition) is 2. The largest absolute Gasteiger partial charge is 0.480 e. The zero-order chi connectivity index (χ0) is 12.7. The minimum absolute atomic E-state index is 0.347. The quantitative estimate of drug-likeness (QED) is 0.825. The van der Waals surface area contributed by atoms with Gasteiger partial charge in [-0.25, -0.2) is 14.2 Å². The summed E-state index contributed by atoms with van der Waals surface area (Å²) in [7, 11) is 0. The third kappa shape index (κ3) is 1.78. The van der Waals surface area contributed by atoms with Crippen LogP contribution < -0.4 is 11.2 Å². The summed E-state index contributed by atoms with van der Waals surface area (Å²) in [6.07, 6.45) is 0. The van der Waals surface area contributed by atoms with Crippen molar-refractivity contribution in [3.63, 3.8) is 0 Å². The van der Waals surface area contributed by atoms with E-state index >= 15 is 0 Å². The highest BCUT2D eigenvalue weighted by molar-refractivity contribution is 7.18. The lowest BCUT2D eigenvalue weighted by Crippen LogP contribution is -2.39. The first-order chi connectivity index (χ1) is 7.91. The fourth-order valence-electron chi connectivity index (χ4n) is 1.61. The number of thiophene rings is 1. The average molecular weight is 254 g/mol. The summed E-state index contributed by atoms with van der Waals surface area (Å²) < 4.78 is 0.719. The molecule has 7 heteroatoms. The molecular formula is C10H10N2O4S. The monoisotopic (exact) mass is 254 g/mol. The van der Waals surface area contributed by atoms with Gasteiger partial charge in [0.2, 0.25) is 0 Å². The number of carboxylic acids is 1. The first-order valence-electron chi connectivity index (χ1n) is 4.89. The smallest absolute Gasteiger partial charge is 0.330 e. The standard InChI is InChI=1S/C10H10N2O4S/c1-4-3-6-7(17-4)11-10(16)12(8(6)13)5(2)9(14)15/h3,5H,1-2H3,(H,11,16)(H,14,15). The normalized spacial score (nSPS) is 12.8. The van der Waals surface area contributed by atoms with E-state index in [0.29, 0.717) is 10.2 Å². The molecule has 2 aromatic heterocycles. The molecule has 90 valence electrons. The van der Waals surface area contributed by atoms with E-state index in [-0.39, 0.29) is 0 Å².